The molecule has 1 aliphatic heterocycles. The van der Waals surface area contributed by atoms with Crippen LogP contribution < -0.4 is 4.90 Å². The summed E-state index contributed by atoms with van der Waals surface area (Å²) in [6.45, 7) is 6.29. The van der Waals surface area contributed by atoms with Crippen LogP contribution in [-0.4, -0.2) is 28.4 Å². The topological polar surface area (TPSA) is 29.0 Å². The Morgan fingerprint density at radius 1 is 1.41 bits per heavy atom. The summed E-state index contributed by atoms with van der Waals surface area (Å²) < 4.78 is 0. The van der Waals surface area contributed by atoms with Crippen LogP contribution in [0.15, 0.2) is 6.20 Å². The van der Waals surface area contributed by atoms with Gasteiger partial charge in [-0.2, -0.15) is 0 Å². The summed E-state index contributed by atoms with van der Waals surface area (Å²) in [5.41, 5.74) is 2.08. The van der Waals surface area contributed by atoms with Crippen molar-refractivity contribution in [1.82, 2.24) is 9.97 Å². The van der Waals surface area contributed by atoms with Crippen molar-refractivity contribution >= 4 is 21.7 Å². The van der Waals surface area contributed by atoms with Crippen LogP contribution in [0.3, 0.4) is 0 Å². The molecule has 1 fully saturated rings. The van der Waals surface area contributed by atoms with E-state index in [0.717, 1.165) is 41.5 Å². The van der Waals surface area contributed by atoms with Crippen molar-refractivity contribution in [3.8, 4) is 0 Å². The van der Waals surface area contributed by atoms with Gasteiger partial charge >= 0.3 is 0 Å². The molecule has 3 nitrogen and oxygen atoms in total. The number of hydrogen-bond acceptors (Lipinski definition) is 3. The summed E-state index contributed by atoms with van der Waals surface area (Å²) in [6, 6.07) is 0. The lowest BCUT2D eigenvalue weighted by atomic mass is 9.96. The van der Waals surface area contributed by atoms with Crippen LogP contribution in [0.5, 0.6) is 0 Å². The molecule has 0 spiro atoms. The molecule has 0 saturated carbocycles. The number of piperidine rings is 1. The van der Waals surface area contributed by atoms with Gasteiger partial charge in [0.05, 0.1) is 17.6 Å². The maximum Gasteiger partial charge on any atom is 0.147 e. The Balaban J connectivity index is 2.08. The number of rotatable bonds is 3. The molecule has 0 amide bonds. The maximum absolute atomic E-state index is 4.64. The van der Waals surface area contributed by atoms with Gasteiger partial charge in [0.25, 0.3) is 0 Å². The van der Waals surface area contributed by atoms with E-state index in [2.05, 4.69) is 30.8 Å². The van der Waals surface area contributed by atoms with E-state index in [-0.39, 0.29) is 0 Å². The third kappa shape index (κ3) is 3.18. The first-order valence-electron chi connectivity index (χ1n) is 6.32. The predicted octanol–water partition coefficient (Wildman–Crippen LogP) is 3.09. The molecule has 0 aromatic carbocycles. The highest BCUT2D eigenvalue weighted by molar-refractivity contribution is 9.09. The molecule has 1 atom stereocenters. The van der Waals surface area contributed by atoms with Gasteiger partial charge in [0.15, 0.2) is 0 Å². The smallest absolute Gasteiger partial charge is 0.147 e. The lowest BCUT2D eigenvalue weighted by Crippen LogP contribution is -2.36. The summed E-state index contributed by atoms with van der Waals surface area (Å²) in [4.78, 5) is 11.4. The lowest BCUT2D eigenvalue weighted by Gasteiger charge is -2.33. The zero-order chi connectivity index (χ0) is 12.3. The number of anilines is 1. The van der Waals surface area contributed by atoms with Crippen LogP contribution in [-0.2, 0) is 0 Å². The van der Waals surface area contributed by atoms with Gasteiger partial charge in [-0.15, -0.1) is 0 Å². The van der Waals surface area contributed by atoms with E-state index < -0.39 is 0 Å². The second-order valence-corrected chi connectivity index (χ2v) is 5.62. The zero-order valence-electron chi connectivity index (χ0n) is 10.6. The molecule has 2 heterocycles. The van der Waals surface area contributed by atoms with Crippen molar-refractivity contribution < 1.29 is 0 Å². The van der Waals surface area contributed by atoms with Gasteiger partial charge in [-0.1, -0.05) is 15.9 Å². The molecular formula is C13H20BrN3. The van der Waals surface area contributed by atoms with E-state index in [1.165, 1.54) is 19.3 Å². The second kappa shape index (κ2) is 5.80. The van der Waals surface area contributed by atoms with Crippen LogP contribution >= 0.6 is 15.9 Å². The van der Waals surface area contributed by atoms with Crippen LogP contribution in [0.2, 0.25) is 0 Å². The van der Waals surface area contributed by atoms with E-state index in [1.807, 2.05) is 20.0 Å². The van der Waals surface area contributed by atoms with Gasteiger partial charge in [-0.25, -0.2) is 4.98 Å². The monoisotopic (exact) mass is 297 g/mol. The van der Waals surface area contributed by atoms with Crippen molar-refractivity contribution in [2.75, 3.05) is 23.3 Å². The summed E-state index contributed by atoms with van der Waals surface area (Å²) >= 11 is 3.54. The Kier molecular flexibility index (Phi) is 4.37. The summed E-state index contributed by atoms with van der Waals surface area (Å²) in [6.07, 6.45) is 5.79. The quantitative estimate of drug-likeness (QED) is 0.803. The third-order valence-electron chi connectivity index (χ3n) is 3.54. The highest BCUT2D eigenvalue weighted by atomic mass is 79.9. The van der Waals surface area contributed by atoms with Gasteiger partial charge in [-0.05, 0) is 39.0 Å². The van der Waals surface area contributed by atoms with Gasteiger partial charge in [0, 0.05) is 18.4 Å². The number of aryl methyl sites for hydroxylation is 2. The fourth-order valence-electron chi connectivity index (χ4n) is 2.35. The Morgan fingerprint density at radius 2 is 2.24 bits per heavy atom. The third-order valence-corrected chi connectivity index (χ3v) is 4.00. The number of hydrogen-bond donors (Lipinski definition) is 0. The van der Waals surface area contributed by atoms with Crippen LogP contribution in [0, 0.1) is 19.8 Å². The second-order valence-electron chi connectivity index (χ2n) is 4.83. The molecule has 0 N–H and O–H groups in total. The SMILES string of the molecule is Cc1ncc(N2CCCC(CCBr)C2)nc1C. The fourth-order valence-corrected chi connectivity index (χ4v) is 2.99. The first-order valence-corrected chi connectivity index (χ1v) is 7.44. The van der Waals surface area contributed by atoms with Gasteiger partial charge in [0.1, 0.15) is 5.82 Å². The van der Waals surface area contributed by atoms with Gasteiger partial charge in [0.2, 0.25) is 0 Å². The maximum atomic E-state index is 4.64. The normalized spacial score (nSPS) is 20.6. The van der Waals surface area contributed by atoms with Crippen molar-refractivity contribution in [1.29, 1.82) is 0 Å². The number of aromatic nitrogens is 2. The summed E-state index contributed by atoms with van der Waals surface area (Å²) in [5.74, 6) is 1.85. The van der Waals surface area contributed by atoms with Crippen molar-refractivity contribution in [2.45, 2.75) is 33.1 Å². The largest absolute Gasteiger partial charge is 0.355 e. The Bertz CT molecular complexity index is 379. The van der Waals surface area contributed by atoms with Crippen LogP contribution in [0.4, 0.5) is 5.82 Å². The Morgan fingerprint density at radius 3 is 2.94 bits per heavy atom. The number of alkyl halides is 1. The van der Waals surface area contributed by atoms with E-state index in [0.29, 0.717) is 0 Å². The minimum absolute atomic E-state index is 0.798. The first kappa shape index (κ1) is 12.8. The number of halogens is 1. The molecule has 1 saturated heterocycles. The molecule has 2 rings (SSSR count). The van der Waals surface area contributed by atoms with Crippen molar-refractivity contribution in [3.05, 3.63) is 17.6 Å². The van der Waals surface area contributed by atoms with Crippen LogP contribution in [0.1, 0.15) is 30.7 Å². The molecule has 4 heteroatoms. The van der Waals surface area contributed by atoms with Crippen molar-refractivity contribution in [2.24, 2.45) is 5.92 Å². The molecule has 17 heavy (non-hydrogen) atoms. The average molecular weight is 298 g/mol. The molecule has 0 aliphatic carbocycles. The standard InChI is InChI=1S/C13H20BrN3/c1-10-11(2)16-13(8-15-10)17-7-3-4-12(9-17)5-6-14/h8,12H,3-7,9H2,1-2H3. The summed E-state index contributed by atoms with van der Waals surface area (Å²) in [5, 5.41) is 1.10. The molecule has 0 bridgehead atoms. The zero-order valence-corrected chi connectivity index (χ0v) is 12.2. The van der Waals surface area contributed by atoms with E-state index in [1.54, 1.807) is 0 Å². The highest BCUT2D eigenvalue weighted by Crippen LogP contribution is 2.24. The van der Waals surface area contributed by atoms with E-state index in [9.17, 15) is 0 Å². The molecule has 1 aromatic rings. The number of nitrogens with zero attached hydrogens (tertiary/aromatic N) is 3. The fraction of sp³-hybridized carbons (Fsp3) is 0.692. The molecule has 1 aliphatic rings. The highest BCUT2D eigenvalue weighted by Gasteiger charge is 2.20. The average Bonchev–Trinajstić information content (AvgIpc) is 2.33. The van der Waals surface area contributed by atoms with E-state index >= 15 is 0 Å². The molecule has 1 aromatic heterocycles. The molecule has 1 unspecified atom stereocenters. The predicted molar refractivity (Wildman–Crippen MR) is 74.9 cm³/mol. The lowest BCUT2D eigenvalue weighted by molar-refractivity contribution is 0.405. The Hall–Kier alpha value is -0.640. The minimum atomic E-state index is 0.798. The summed E-state index contributed by atoms with van der Waals surface area (Å²) in [7, 11) is 0. The molecule has 94 valence electrons. The molecular weight excluding hydrogens is 278 g/mol. The first-order chi connectivity index (χ1) is 8.20. The van der Waals surface area contributed by atoms with Crippen molar-refractivity contribution in [3.63, 3.8) is 0 Å². The van der Waals surface area contributed by atoms with Crippen LogP contribution in [0.25, 0.3) is 0 Å². The van der Waals surface area contributed by atoms with Gasteiger partial charge in [-0.3, -0.25) is 4.98 Å². The van der Waals surface area contributed by atoms with Gasteiger partial charge < -0.3 is 4.90 Å². The van der Waals surface area contributed by atoms with E-state index in [4.69, 9.17) is 0 Å². The molecule has 0 radical (unpaired) electrons. The minimum Gasteiger partial charge on any atom is -0.355 e. The Labute approximate surface area is 112 Å².